The van der Waals surface area contributed by atoms with Crippen molar-refractivity contribution in [1.82, 2.24) is 4.98 Å². The summed E-state index contributed by atoms with van der Waals surface area (Å²) < 4.78 is 0. The van der Waals surface area contributed by atoms with Gasteiger partial charge in [0.1, 0.15) is 0 Å². The fourth-order valence-corrected chi connectivity index (χ4v) is 2.91. The van der Waals surface area contributed by atoms with Crippen LogP contribution in [0.5, 0.6) is 0 Å². The lowest BCUT2D eigenvalue weighted by atomic mass is 10.0. The Balaban J connectivity index is 1.93. The number of aromatic nitrogens is 1. The zero-order valence-corrected chi connectivity index (χ0v) is 11.4. The van der Waals surface area contributed by atoms with E-state index in [0.717, 1.165) is 33.2 Å². The smallest absolute Gasteiger partial charge is 0.167 e. The van der Waals surface area contributed by atoms with Gasteiger partial charge in [-0.1, -0.05) is 42.5 Å². The molecule has 4 rings (SSSR count). The molecule has 0 bridgehead atoms. The van der Waals surface area contributed by atoms with Gasteiger partial charge in [-0.25, -0.2) is 0 Å². The highest BCUT2D eigenvalue weighted by Crippen LogP contribution is 2.32. The molecule has 0 fully saturated rings. The van der Waals surface area contributed by atoms with Gasteiger partial charge in [0.25, 0.3) is 0 Å². The Labute approximate surface area is 122 Å². The highest BCUT2D eigenvalue weighted by Gasteiger charge is 2.23. The lowest BCUT2D eigenvalue weighted by molar-refractivity contribution is -0.112. The second-order valence-corrected chi connectivity index (χ2v) is 5.23. The number of para-hydroxylation sites is 1. The molecule has 1 heterocycles. The minimum atomic E-state index is 0.192. The van der Waals surface area contributed by atoms with Gasteiger partial charge in [-0.05, 0) is 34.9 Å². The quantitative estimate of drug-likeness (QED) is 0.628. The van der Waals surface area contributed by atoms with Gasteiger partial charge >= 0.3 is 0 Å². The molecule has 100 valence electrons. The molecule has 2 aromatic carbocycles. The molecular weight excluding hydrogens is 258 g/mol. The lowest BCUT2D eigenvalue weighted by Crippen LogP contribution is -1.94. The fourth-order valence-electron chi connectivity index (χ4n) is 2.91. The third kappa shape index (κ3) is 1.96. The van der Waals surface area contributed by atoms with E-state index in [-0.39, 0.29) is 5.78 Å². The van der Waals surface area contributed by atoms with E-state index in [1.54, 1.807) is 6.20 Å². The first-order chi connectivity index (χ1) is 10.3. The van der Waals surface area contributed by atoms with Crippen molar-refractivity contribution in [3.05, 3.63) is 77.5 Å². The van der Waals surface area contributed by atoms with Crippen LogP contribution in [-0.4, -0.2) is 10.8 Å². The van der Waals surface area contributed by atoms with Gasteiger partial charge in [0.05, 0.1) is 5.52 Å². The molecule has 0 spiro atoms. The number of benzene rings is 2. The van der Waals surface area contributed by atoms with Gasteiger partial charge in [0.2, 0.25) is 0 Å². The Hall–Kier alpha value is -2.74. The van der Waals surface area contributed by atoms with E-state index in [9.17, 15) is 4.79 Å². The number of nitrogens with zero attached hydrogens (tertiary/aromatic N) is 1. The summed E-state index contributed by atoms with van der Waals surface area (Å²) >= 11 is 0. The molecule has 2 nitrogen and oxygen atoms in total. The molecule has 2 heteroatoms. The highest BCUT2D eigenvalue weighted by atomic mass is 16.1. The van der Waals surface area contributed by atoms with E-state index >= 15 is 0 Å². The molecule has 0 saturated heterocycles. The van der Waals surface area contributed by atoms with Crippen LogP contribution in [0.4, 0.5) is 0 Å². The Kier molecular flexibility index (Phi) is 2.68. The number of carbonyl (C=O) groups is 1. The number of ketones is 1. The second kappa shape index (κ2) is 4.67. The van der Waals surface area contributed by atoms with Crippen molar-refractivity contribution in [2.45, 2.75) is 6.42 Å². The molecule has 1 aromatic heterocycles. The molecule has 0 atom stereocenters. The largest absolute Gasteiger partial charge is 0.294 e. The molecule has 0 radical (unpaired) electrons. The summed E-state index contributed by atoms with van der Waals surface area (Å²) in [7, 11) is 0. The van der Waals surface area contributed by atoms with Gasteiger partial charge in [-0.15, -0.1) is 0 Å². The monoisotopic (exact) mass is 271 g/mol. The van der Waals surface area contributed by atoms with E-state index in [4.69, 9.17) is 0 Å². The minimum absolute atomic E-state index is 0.192. The summed E-state index contributed by atoms with van der Waals surface area (Å²) in [5.74, 6) is 0.192. The summed E-state index contributed by atoms with van der Waals surface area (Å²) in [4.78, 5) is 16.7. The van der Waals surface area contributed by atoms with E-state index in [0.29, 0.717) is 6.42 Å². The lowest BCUT2D eigenvalue weighted by Gasteiger charge is -2.03. The molecule has 0 aliphatic heterocycles. The van der Waals surface area contributed by atoms with Crippen LogP contribution in [0.2, 0.25) is 0 Å². The number of Topliss-reactive ketones (excluding diaryl/α,β-unsaturated/α-hetero) is 1. The highest BCUT2D eigenvalue weighted by molar-refractivity contribution is 6.29. The molecule has 1 aliphatic carbocycles. The summed E-state index contributed by atoms with van der Waals surface area (Å²) in [6.07, 6.45) is 4.29. The van der Waals surface area contributed by atoms with Crippen LogP contribution in [0, 0.1) is 0 Å². The van der Waals surface area contributed by atoms with Crippen molar-refractivity contribution in [3.8, 4) is 0 Å². The maximum absolute atomic E-state index is 12.3. The molecule has 0 amide bonds. The average molecular weight is 271 g/mol. The fraction of sp³-hybridized carbons (Fsp3) is 0.0526. The molecule has 3 aromatic rings. The van der Waals surface area contributed by atoms with Gasteiger partial charge in [-0.3, -0.25) is 9.78 Å². The topological polar surface area (TPSA) is 30.0 Å². The van der Waals surface area contributed by atoms with Crippen LogP contribution < -0.4 is 0 Å². The zero-order valence-electron chi connectivity index (χ0n) is 11.4. The van der Waals surface area contributed by atoms with Crippen molar-refractivity contribution in [2.24, 2.45) is 0 Å². The Morgan fingerprint density at radius 3 is 2.71 bits per heavy atom. The van der Waals surface area contributed by atoms with E-state index < -0.39 is 0 Å². The van der Waals surface area contributed by atoms with Crippen LogP contribution in [0.1, 0.15) is 16.7 Å². The molecule has 0 N–H and O–H groups in total. The van der Waals surface area contributed by atoms with Crippen molar-refractivity contribution in [1.29, 1.82) is 0 Å². The zero-order chi connectivity index (χ0) is 14.2. The number of rotatable bonds is 1. The Morgan fingerprint density at radius 2 is 1.76 bits per heavy atom. The van der Waals surface area contributed by atoms with Gasteiger partial charge in [0, 0.05) is 23.6 Å². The predicted octanol–water partition coefficient (Wildman–Crippen LogP) is 3.90. The van der Waals surface area contributed by atoms with E-state index in [2.05, 4.69) is 4.98 Å². The third-order valence-corrected chi connectivity index (χ3v) is 3.94. The molecule has 21 heavy (non-hydrogen) atoms. The number of fused-ring (bicyclic) bond motifs is 2. The average Bonchev–Trinajstić information content (AvgIpc) is 2.84. The maximum Gasteiger partial charge on any atom is 0.167 e. The van der Waals surface area contributed by atoms with Crippen molar-refractivity contribution in [3.63, 3.8) is 0 Å². The van der Waals surface area contributed by atoms with E-state index in [1.165, 1.54) is 0 Å². The molecule has 0 saturated carbocycles. The molecule has 0 unspecified atom stereocenters. The summed E-state index contributed by atoms with van der Waals surface area (Å²) in [6.45, 7) is 0. The first-order valence-electron chi connectivity index (χ1n) is 7.00. The number of carbonyl (C=O) groups excluding carboxylic acids is 1. The first kappa shape index (κ1) is 12.0. The van der Waals surface area contributed by atoms with Crippen LogP contribution in [0.15, 0.2) is 60.8 Å². The van der Waals surface area contributed by atoms with Gasteiger partial charge in [-0.2, -0.15) is 0 Å². The third-order valence-electron chi connectivity index (χ3n) is 3.94. The number of hydrogen-bond acceptors (Lipinski definition) is 2. The van der Waals surface area contributed by atoms with Crippen LogP contribution in [0.25, 0.3) is 22.6 Å². The van der Waals surface area contributed by atoms with Crippen molar-refractivity contribution < 1.29 is 4.79 Å². The summed E-state index contributed by atoms with van der Waals surface area (Å²) in [6, 6.07) is 18.0. The second-order valence-electron chi connectivity index (χ2n) is 5.23. The van der Waals surface area contributed by atoms with Crippen LogP contribution in [-0.2, 0) is 11.2 Å². The predicted molar refractivity (Wildman–Crippen MR) is 84.8 cm³/mol. The van der Waals surface area contributed by atoms with Crippen molar-refractivity contribution in [2.75, 3.05) is 0 Å². The van der Waals surface area contributed by atoms with E-state index in [1.807, 2.05) is 60.7 Å². The summed E-state index contributed by atoms with van der Waals surface area (Å²) in [5.41, 5.74) is 4.98. The number of pyridine rings is 1. The number of hydrogen-bond donors (Lipinski definition) is 0. The van der Waals surface area contributed by atoms with Crippen LogP contribution >= 0.6 is 0 Å². The minimum Gasteiger partial charge on any atom is -0.294 e. The summed E-state index contributed by atoms with van der Waals surface area (Å²) in [5, 5.41) is 1.07. The maximum atomic E-state index is 12.3. The SMILES string of the molecule is O=C1Cc2ccccc2/C1=C/c1ccnc2ccccc12. The van der Waals surface area contributed by atoms with Crippen molar-refractivity contribution >= 4 is 28.3 Å². The van der Waals surface area contributed by atoms with Gasteiger partial charge < -0.3 is 0 Å². The van der Waals surface area contributed by atoms with Crippen LogP contribution in [0.3, 0.4) is 0 Å². The van der Waals surface area contributed by atoms with Gasteiger partial charge in [0.15, 0.2) is 5.78 Å². The molecular formula is C19H13NO. The normalized spacial score (nSPS) is 15.6. The Bertz CT molecular complexity index is 887. The number of allylic oxidation sites excluding steroid dienone is 1. The standard InChI is InChI=1S/C19H13NO/c21-19-12-13-5-1-2-6-15(13)17(19)11-14-9-10-20-18-8-4-3-7-16(14)18/h1-11H,12H2/b17-11-. The Morgan fingerprint density at radius 1 is 0.952 bits per heavy atom. The first-order valence-corrected chi connectivity index (χ1v) is 7.00. The molecule has 1 aliphatic rings.